The van der Waals surface area contributed by atoms with E-state index in [4.69, 9.17) is 0 Å². The van der Waals surface area contributed by atoms with Crippen LogP contribution in [0, 0.1) is 0 Å². The lowest BCUT2D eigenvalue weighted by molar-refractivity contribution is -0.109. The molecular formula is C13H16N2OS. The summed E-state index contributed by atoms with van der Waals surface area (Å²) in [7, 11) is 0. The molecule has 1 amide bonds. The van der Waals surface area contributed by atoms with Gasteiger partial charge in [0.15, 0.2) is 0 Å². The second-order valence-electron chi connectivity index (χ2n) is 3.36. The average molecular weight is 248 g/mol. The van der Waals surface area contributed by atoms with E-state index in [2.05, 4.69) is 29.9 Å². The van der Waals surface area contributed by atoms with Crippen LogP contribution in [-0.2, 0) is 4.79 Å². The molecule has 1 aromatic heterocycles. The first-order valence-electron chi connectivity index (χ1n) is 5.39. The first kappa shape index (κ1) is 13.4. The summed E-state index contributed by atoms with van der Waals surface area (Å²) in [5, 5.41) is 2.62. The zero-order valence-electron chi connectivity index (χ0n) is 9.85. The number of rotatable bonds is 7. The lowest BCUT2D eigenvalue weighted by Crippen LogP contribution is -2.13. The maximum atomic E-state index is 10.2. The molecule has 0 aromatic carbocycles. The summed E-state index contributed by atoms with van der Waals surface area (Å²) in [5.41, 5.74) is 4.04. The van der Waals surface area contributed by atoms with Crippen LogP contribution < -0.4 is 5.32 Å². The molecule has 17 heavy (non-hydrogen) atoms. The van der Waals surface area contributed by atoms with Crippen molar-refractivity contribution in [2.75, 3.05) is 6.54 Å². The fourth-order valence-corrected chi connectivity index (χ4v) is 2.04. The van der Waals surface area contributed by atoms with E-state index in [1.807, 2.05) is 17.8 Å². The van der Waals surface area contributed by atoms with Crippen LogP contribution in [-0.4, -0.2) is 17.9 Å². The van der Waals surface area contributed by atoms with Gasteiger partial charge in [-0.05, 0) is 17.6 Å². The Balaban J connectivity index is 2.80. The van der Waals surface area contributed by atoms with Crippen LogP contribution >= 0.6 is 11.3 Å². The molecule has 0 aliphatic rings. The van der Waals surface area contributed by atoms with Crippen molar-refractivity contribution in [3.63, 3.8) is 0 Å². The molecule has 0 saturated heterocycles. The van der Waals surface area contributed by atoms with Crippen molar-refractivity contribution in [3.8, 4) is 0 Å². The second-order valence-corrected chi connectivity index (χ2v) is 4.24. The van der Waals surface area contributed by atoms with Crippen molar-refractivity contribution in [2.24, 2.45) is 0 Å². The summed E-state index contributed by atoms with van der Waals surface area (Å²) < 4.78 is 0. The normalized spacial score (nSPS) is 12.3. The van der Waals surface area contributed by atoms with Crippen LogP contribution in [0.1, 0.15) is 18.2 Å². The number of thiazole rings is 1. The number of hydrogen-bond donors (Lipinski definition) is 1. The van der Waals surface area contributed by atoms with E-state index < -0.39 is 0 Å². The van der Waals surface area contributed by atoms with Gasteiger partial charge in [0.1, 0.15) is 0 Å². The quantitative estimate of drug-likeness (QED) is 0.595. The Kier molecular flexibility index (Phi) is 5.96. The molecule has 0 atom stereocenters. The topological polar surface area (TPSA) is 42.0 Å². The van der Waals surface area contributed by atoms with Crippen LogP contribution in [0.5, 0.6) is 0 Å². The summed E-state index contributed by atoms with van der Waals surface area (Å²) in [6.07, 6.45) is 9.27. The fraction of sp³-hybridized carbons (Fsp3) is 0.231. The molecule has 0 spiro atoms. The average Bonchev–Trinajstić information content (AvgIpc) is 2.87. The van der Waals surface area contributed by atoms with Crippen molar-refractivity contribution >= 4 is 23.3 Å². The third-order valence-electron chi connectivity index (χ3n) is 2.28. The van der Waals surface area contributed by atoms with Crippen molar-refractivity contribution in [2.45, 2.75) is 13.3 Å². The zero-order valence-corrected chi connectivity index (χ0v) is 10.7. The molecule has 0 unspecified atom stereocenters. The Bertz CT molecular complexity index is 419. The Hall–Kier alpha value is -1.68. The number of allylic oxidation sites excluding steroid dienone is 3. The SMILES string of the molecule is C=C/C(=C\C=C(/CC)c1cncs1)CNC=O. The molecule has 1 heterocycles. The van der Waals surface area contributed by atoms with Gasteiger partial charge < -0.3 is 5.32 Å². The van der Waals surface area contributed by atoms with Crippen LogP contribution in [0.25, 0.3) is 5.57 Å². The van der Waals surface area contributed by atoms with Crippen LogP contribution in [0.3, 0.4) is 0 Å². The van der Waals surface area contributed by atoms with E-state index in [1.165, 1.54) is 10.5 Å². The van der Waals surface area contributed by atoms with Gasteiger partial charge in [0.05, 0.1) is 10.4 Å². The van der Waals surface area contributed by atoms with Crippen molar-refractivity contribution < 1.29 is 4.79 Å². The Morgan fingerprint density at radius 1 is 1.59 bits per heavy atom. The number of amides is 1. The van der Waals surface area contributed by atoms with E-state index in [9.17, 15) is 4.79 Å². The van der Waals surface area contributed by atoms with Gasteiger partial charge in [0, 0.05) is 12.7 Å². The highest BCUT2D eigenvalue weighted by Gasteiger charge is 1.99. The van der Waals surface area contributed by atoms with Crippen LogP contribution in [0.15, 0.2) is 42.1 Å². The van der Waals surface area contributed by atoms with Gasteiger partial charge in [-0.25, -0.2) is 0 Å². The van der Waals surface area contributed by atoms with Gasteiger partial charge in [-0.15, -0.1) is 11.3 Å². The van der Waals surface area contributed by atoms with Crippen LogP contribution in [0.2, 0.25) is 0 Å². The third-order valence-corrected chi connectivity index (χ3v) is 3.13. The minimum Gasteiger partial charge on any atom is -0.355 e. The molecule has 3 nitrogen and oxygen atoms in total. The predicted octanol–water partition coefficient (Wildman–Crippen LogP) is 2.79. The van der Waals surface area contributed by atoms with Crippen molar-refractivity contribution in [1.29, 1.82) is 0 Å². The Morgan fingerprint density at radius 3 is 2.94 bits per heavy atom. The summed E-state index contributed by atoms with van der Waals surface area (Å²) >= 11 is 1.63. The molecule has 1 rings (SSSR count). The van der Waals surface area contributed by atoms with Gasteiger partial charge in [-0.3, -0.25) is 9.78 Å². The fourth-order valence-electron chi connectivity index (χ4n) is 1.31. The number of nitrogens with zero attached hydrogens (tertiary/aromatic N) is 1. The second kappa shape index (κ2) is 7.57. The largest absolute Gasteiger partial charge is 0.355 e. The lowest BCUT2D eigenvalue weighted by Gasteiger charge is -2.01. The molecular weight excluding hydrogens is 232 g/mol. The van der Waals surface area contributed by atoms with E-state index in [0.29, 0.717) is 13.0 Å². The Labute approximate surface area is 106 Å². The van der Waals surface area contributed by atoms with Gasteiger partial charge in [0.25, 0.3) is 0 Å². The number of carbonyl (C=O) groups excluding carboxylic acids is 1. The number of nitrogens with one attached hydrogen (secondary N) is 1. The highest BCUT2D eigenvalue weighted by Crippen LogP contribution is 2.21. The molecule has 4 heteroatoms. The summed E-state index contributed by atoms with van der Waals surface area (Å²) in [6, 6.07) is 0. The predicted molar refractivity (Wildman–Crippen MR) is 72.7 cm³/mol. The molecule has 0 saturated carbocycles. The van der Waals surface area contributed by atoms with Crippen molar-refractivity contribution in [1.82, 2.24) is 10.3 Å². The van der Waals surface area contributed by atoms with Gasteiger partial charge in [-0.1, -0.05) is 31.7 Å². The van der Waals surface area contributed by atoms with Crippen LogP contribution in [0.4, 0.5) is 0 Å². The van der Waals surface area contributed by atoms with Gasteiger partial charge >= 0.3 is 0 Å². The molecule has 0 fully saturated rings. The monoisotopic (exact) mass is 248 g/mol. The van der Waals surface area contributed by atoms with E-state index in [1.54, 1.807) is 17.4 Å². The standard InChI is InChI=1S/C13H16N2OS/c1-3-11(7-14-9-16)5-6-12(4-2)13-8-15-10-17-13/h3,5-6,8-10H,1,4,7H2,2H3,(H,14,16)/b11-5+,12-6+. The van der Waals surface area contributed by atoms with E-state index in [-0.39, 0.29) is 0 Å². The molecule has 0 bridgehead atoms. The molecule has 90 valence electrons. The number of aromatic nitrogens is 1. The minimum atomic E-state index is 0.503. The zero-order chi connectivity index (χ0) is 12.5. The highest BCUT2D eigenvalue weighted by molar-refractivity contribution is 7.10. The highest BCUT2D eigenvalue weighted by atomic mass is 32.1. The summed E-state index contributed by atoms with van der Waals surface area (Å²) in [4.78, 5) is 15.5. The molecule has 0 aliphatic heterocycles. The smallest absolute Gasteiger partial charge is 0.207 e. The molecule has 1 N–H and O–H groups in total. The van der Waals surface area contributed by atoms with Gasteiger partial charge in [0.2, 0.25) is 6.41 Å². The van der Waals surface area contributed by atoms with E-state index in [0.717, 1.165) is 12.0 Å². The van der Waals surface area contributed by atoms with E-state index >= 15 is 0 Å². The number of carbonyl (C=O) groups is 1. The third kappa shape index (κ3) is 4.36. The van der Waals surface area contributed by atoms with Gasteiger partial charge in [-0.2, -0.15) is 0 Å². The first-order chi connectivity index (χ1) is 8.31. The summed E-state index contributed by atoms with van der Waals surface area (Å²) in [6.45, 7) is 6.33. The minimum absolute atomic E-state index is 0.503. The molecule has 0 radical (unpaired) electrons. The molecule has 0 aliphatic carbocycles. The number of hydrogen-bond acceptors (Lipinski definition) is 3. The maximum absolute atomic E-state index is 10.2. The van der Waals surface area contributed by atoms with Crippen molar-refractivity contribution in [3.05, 3.63) is 47.0 Å². The lowest BCUT2D eigenvalue weighted by atomic mass is 10.1. The summed E-state index contributed by atoms with van der Waals surface area (Å²) in [5.74, 6) is 0. The molecule has 1 aromatic rings. The maximum Gasteiger partial charge on any atom is 0.207 e. The Morgan fingerprint density at radius 2 is 2.41 bits per heavy atom. The first-order valence-corrected chi connectivity index (χ1v) is 6.27.